The highest BCUT2D eigenvalue weighted by molar-refractivity contribution is 5.86. The second-order valence-electron chi connectivity index (χ2n) is 3.53. The quantitative estimate of drug-likeness (QED) is 0.591. The fraction of sp³-hybridized carbons (Fsp3) is 0.667. The third kappa shape index (κ3) is 3.45. The van der Waals surface area contributed by atoms with Crippen LogP contribution in [0.1, 0.15) is 0 Å². The van der Waals surface area contributed by atoms with Crippen molar-refractivity contribution in [2.24, 2.45) is 0 Å². The number of hydrogen-bond donors (Lipinski definition) is 2. The van der Waals surface area contributed by atoms with Gasteiger partial charge in [-0.1, -0.05) is 6.58 Å². The fourth-order valence-corrected chi connectivity index (χ4v) is 1.25. The molecule has 0 aliphatic carbocycles. The van der Waals surface area contributed by atoms with Gasteiger partial charge in [-0.2, -0.15) is 0 Å². The van der Waals surface area contributed by atoms with Gasteiger partial charge in [-0.3, -0.25) is 5.43 Å². The Morgan fingerprint density at radius 3 is 2.50 bits per heavy atom. The number of carbonyl (C=O) groups is 1. The Morgan fingerprint density at radius 2 is 2.00 bits per heavy atom. The summed E-state index contributed by atoms with van der Waals surface area (Å²) in [7, 11) is 2.08. The molecule has 1 saturated heterocycles. The molecule has 1 fully saturated rings. The summed E-state index contributed by atoms with van der Waals surface area (Å²) in [5, 5.41) is 10.6. The van der Waals surface area contributed by atoms with Gasteiger partial charge in [0.1, 0.15) is 0 Å². The van der Waals surface area contributed by atoms with Crippen molar-refractivity contribution in [1.82, 2.24) is 15.3 Å². The maximum Gasteiger partial charge on any atom is 0.332 e. The molecule has 0 unspecified atom stereocenters. The van der Waals surface area contributed by atoms with E-state index in [2.05, 4.69) is 24.0 Å². The topological polar surface area (TPSA) is 55.8 Å². The molecule has 0 radical (unpaired) electrons. The minimum atomic E-state index is -0.938. The van der Waals surface area contributed by atoms with Crippen LogP contribution >= 0.6 is 0 Å². The van der Waals surface area contributed by atoms with Crippen molar-refractivity contribution in [3.05, 3.63) is 12.2 Å². The smallest absolute Gasteiger partial charge is 0.332 e. The van der Waals surface area contributed by atoms with E-state index in [0.717, 1.165) is 26.2 Å². The molecule has 1 aliphatic heterocycles. The molecule has 0 aromatic carbocycles. The van der Waals surface area contributed by atoms with E-state index >= 15 is 0 Å². The molecular formula is C9H17N3O2. The number of carboxylic acids is 1. The molecule has 2 N–H and O–H groups in total. The van der Waals surface area contributed by atoms with Crippen LogP contribution in [0.3, 0.4) is 0 Å². The number of nitrogens with one attached hydrogen (secondary N) is 1. The van der Waals surface area contributed by atoms with Gasteiger partial charge in [0.25, 0.3) is 0 Å². The van der Waals surface area contributed by atoms with Crippen molar-refractivity contribution in [3.8, 4) is 0 Å². The molecule has 1 heterocycles. The second kappa shape index (κ2) is 5.09. The zero-order valence-electron chi connectivity index (χ0n) is 8.49. The lowest BCUT2D eigenvalue weighted by atomic mass is 10.3. The van der Waals surface area contributed by atoms with E-state index in [0.29, 0.717) is 6.54 Å². The van der Waals surface area contributed by atoms with Gasteiger partial charge in [0.05, 0.1) is 0 Å². The molecule has 5 heteroatoms. The zero-order valence-corrected chi connectivity index (χ0v) is 8.49. The minimum Gasteiger partial charge on any atom is -0.478 e. The first-order valence-corrected chi connectivity index (χ1v) is 4.67. The van der Waals surface area contributed by atoms with Gasteiger partial charge in [-0.25, -0.2) is 9.80 Å². The summed E-state index contributed by atoms with van der Waals surface area (Å²) in [5.41, 5.74) is 3.25. The summed E-state index contributed by atoms with van der Waals surface area (Å²) in [5.74, 6) is -0.938. The van der Waals surface area contributed by atoms with Crippen LogP contribution in [0.25, 0.3) is 0 Å². The summed E-state index contributed by atoms with van der Waals surface area (Å²) in [6, 6.07) is 0. The number of aliphatic carboxylic acids is 1. The third-order valence-electron chi connectivity index (χ3n) is 2.32. The highest BCUT2D eigenvalue weighted by Gasteiger charge is 2.13. The van der Waals surface area contributed by atoms with Crippen LogP contribution < -0.4 is 5.43 Å². The number of carboxylic acid groups (broad SMARTS) is 1. The van der Waals surface area contributed by atoms with E-state index in [1.165, 1.54) is 0 Å². The van der Waals surface area contributed by atoms with E-state index in [1.807, 2.05) is 5.01 Å². The van der Waals surface area contributed by atoms with Crippen molar-refractivity contribution < 1.29 is 9.90 Å². The minimum absolute atomic E-state index is 0.198. The Labute approximate surface area is 84.0 Å². The predicted octanol–water partition coefficient (Wildman–Crippen LogP) is -0.621. The van der Waals surface area contributed by atoms with Gasteiger partial charge < -0.3 is 10.0 Å². The molecule has 1 rings (SSSR count). The van der Waals surface area contributed by atoms with Crippen LogP contribution in [0.15, 0.2) is 12.2 Å². The first-order valence-electron chi connectivity index (χ1n) is 4.67. The number of likely N-dealkylation sites (N-methyl/N-ethyl adjacent to an activating group) is 1. The molecule has 14 heavy (non-hydrogen) atoms. The average molecular weight is 199 g/mol. The summed E-state index contributed by atoms with van der Waals surface area (Å²) in [6.45, 7) is 7.63. The summed E-state index contributed by atoms with van der Waals surface area (Å²) in [6.07, 6.45) is 0. The van der Waals surface area contributed by atoms with Gasteiger partial charge in [-0.05, 0) is 7.05 Å². The largest absolute Gasteiger partial charge is 0.478 e. The Morgan fingerprint density at radius 1 is 1.43 bits per heavy atom. The van der Waals surface area contributed by atoms with Crippen LogP contribution in [0.5, 0.6) is 0 Å². The number of hydrogen-bond acceptors (Lipinski definition) is 4. The molecule has 0 saturated carbocycles. The lowest BCUT2D eigenvalue weighted by Gasteiger charge is -2.32. The van der Waals surface area contributed by atoms with Gasteiger partial charge in [0.2, 0.25) is 0 Å². The monoisotopic (exact) mass is 199 g/mol. The highest BCUT2D eigenvalue weighted by Crippen LogP contribution is 1.96. The van der Waals surface area contributed by atoms with Crippen LogP contribution in [0, 0.1) is 0 Å². The third-order valence-corrected chi connectivity index (χ3v) is 2.32. The summed E-state index contributed by atoms with van der Waals surface area (Å²) in [4.78, 5) is 12.7. The van der Waals surface area contributed by atoms with Gasteiger partial charge in [0, 0.05) is 38.3 Å². The number of piperazine rings is 1. The lowest BCUT2D eigenvalue weighted by molar-refractivity contribution is -0.132. The summed E-state index contributed by atoms with van der Waals surface area (Å²) < 4.78 is 0. The molecule has 1 aliphatic rings. The van der Waals surface area contributed by atoms with E-state index in [1.54, 1.807) is 0 Å². The lowest BCUT2D eigenvalue weighted by Crippen LogP contribution is -2.51. The Hall–Kier alpha value is -0.910. The number of nitrogens with zero attached hydrogens (tertiary/aromatic N) is 2. The van der Waals surface area contributed by atoms with Crippen molar-refractivity contribution in [2.45, 2.75) is 0 Å². The first kappa shape index (κ1) is 11.2. The van der Waals surface area contributed by atoms with Crippen molar-refractivity contribution in [3.63, 3.8) is 0 Å². The fourth-order valence-electron chi connectivity index (χ4n) is 1.25. The van der Waals surface area contributed by atoms with Gasteiger partial charge in [-0.15, -0.1) is 0 Å². The summed E-state index contributed by atoms with van der Waals surface area (Å²) >= 11 is 0. The maximum atomic E-state index is 10.5. The van der Waals surface area contributed by atoms with Crippen molar-refractivity contribution in [2.75, 3.05) is 39.8 Å². The maximum absolute atomic E-state index is 10.5. The van der Waals surface area contributed by atoms with E-state index in [-0.39, 0.29) is 5.57 Å². The number of hydrazine groups is 1. The molecule has 0 bridgehead atoms. The highest BCUT2D eigenvalue weighted by atomic mass is 16.4. The molecular weight excluding hydrogens is 182 g/mol. The molecule has 5 nitrogen and oxygen atoms in total. The van der Waals surface area contributed by atoms with Crippen molar-refractivity contribution >= 4 is 5.97 Å². The predicted molar refractivity (Wildman–Crippen MR) is 53.8 cm³/mol. The standard InChI is InChI=1S/C9H17N3O2/c1-8(9(13)14)7-10-12-5-3-11(2)4-6-12/h10H,1,3-7H2,2H3,(H,13,14). The van der Waals surface area contributed by atoms with Crippen molar-refractivity contribution in [1.29, 1.82) is 0 Å². The Bertz CT molecular complexity index is 222. The molecule has 0 aromatic rings. The Kier molecular flexibility index (Phi) is 4.06. The van der Waals surface area contributed by atoms with E-state index in [4.69, 9.17) is 5.11 Å². The number of rotatable bonds is 4. The molecule has 80 valence electrons. The molecule has 0 aromatic heterocycles. The molecule has 0 atom stereocenters. The van der Waals surface area contributed by atoms with Gasteiger partial charge >= 0.3 is 5.97 Å². The SMILES string of the molecule is C=C(CNN1CCN(C)CC1)C(=O)O. The first-order chi connectivity index (χ1) is 6.59. The van der Waals surface area contributed by atoms with E-state index < -0.39 is 5.97 Å². The van der Waals surface area contributed by atoms with Crippen LogP contribution in [-0.4, -0.2) is 60.8 Å². The van der Waals surface area contributed by atoms with E-state index in [9.17, 15) is 4.79 Å². The molecule has 0 amide bonds. The van der Waals surface area contributed by atoms with Gasteiger partial charge in [0.15, 0.2) is 0 Å². The second-order valence-corrected chi connectivity index (χ2v) is 3.53. The van der Waals surface area contributed by atoms with Crippen LogP contribution in [0.2, 0.25) is 0 Å². The average Bonchev–Trinajstić information content (AvgIpc) is 2.16. The van der Waals surface area contributed by atoms with Crippen LogP contribution in [-0.2, 0) is 4.79 Å². The van der Waals surface area contributed by atoms with Crippen LogP contribution in [0.4, 0.5) is 0 Å². The Balaban J connectivity index is 2.19. The zero-order chi connectivity index (χ0) is 10.6. The molecule has 0 spiro atoms. The normalized spacial score (nSPS) is 19.5.